The molecule has 0 radical (unpaired) electrons. The monoisotopic (exact) mass is 354 g/mol. The van der Waals surface area contributed by atoms with Crippen LogP contribution in [-0.4, -0.2) is 48.3 Å². The fourth-order valence-electron chi connectivity index (χ4n) is 6.48. The number of nitrogens with one attached hydrogen (secondary N) is 1. The molecule has 0 aromatic heterocycles. The summed E-state index contributed by atoms with van der Waals surface area (Å²) < 4.78 is 5.17. The number of rotatable bonds is 2. The number of methoxy groups -OCH3 is 1. The SMILES string of the molecule is COC(=O)C1=C2Nc3ccccc3[C@@]23CCN2CCC[C@@](C(C)O)(C1)[C@H]23. The van der Waals surface area contributed by atoms with Crippen molar-refractivity contribution in [3.8, 4) is 0 Å². The smallest absolute Gasteiger partial charge is 0.335 e. The van der Waals surface area contributed by atoms with E-state index in [0.29, 0.717) is 6.42 Å². The highest BCUT2D eigenvalue weighted by molar-refractivity contribution is 5.93. The lowest BCUT2D eigenvalue weighted by Gasteiger charge is -2.57. The van der Waals surface area contributed by atoms with Gasteiger partial charge < -0.3 is 15.2 Å². The Balaban J connectivity index is 1.82. The van der Waals surface area contributed by atoms with Crippen LogP contribution in [0.2, 0.25) is 0 Å². The van der Waals surface area contributed by atoms with E-state index in [1.54, 1.807) is 0 Å². The van der Waals surface area contributed by atoms with Gasteiger partial charge in [0.15, 0.2) is 0 Å². The zero-order valence-electron chi connectivity index (χ0n) is 15.4. The molecule has 1 aliphatic carbocycles. The van der Waals surface area contributed by atoms with Crippen LogP contribution in [0.5, 0.6) is 0 Å². The maximum atomic E-state index is 12.8. The first-order valence-electron chi connectivity index (χ1n) is 9.65. The van der Waals surface area contributed by atoms with E-state index in [1.165, 1.54) is 12.7 Å². The Morgan fingerprint density at radius 2 is 2.15 bits per heavy atom. The van der Waals surface area contributed by atoms with Gasteiger partial charge in [0.1, 0.15) is 0 Å². The summed E-state index contributed by atoms with van der Waals surface area (Å²) in [6, 6.07) is 8.64. The molecule has 4 aliphatic rings. The first-order valence-corrected chi connectivity index (χ1v) is 9.65. The van der Waals surface area contributed by atoms with E-state index in [1.807, 2.05) is 13.0 Å². The average Bonchev–Trinajstić information content (AvgIpc) is 3.21. The predicted octanol–water partition coefficient (Wildman–Crippen LogP) is 2.42. The Morgan fingerprint density at radius 3 is 2.92 bits per heavy atom. The van der Waals surface area contributed by atoms with Gasteiger partial charge in [0.05, 0.1) is 24.2 Å². The summed E-state index contributed by atoms with van der Waals surface area (Å²) in [5.41, 5.74) is 3.57. The molecule has 3 heterocycles. The highest BCUT2D eigenvalue weighted by Crippen LogP contribution is 2.65. The van der Waals surface area contributed by atoms with E-state index in [0.717, 1.165) is 49.3 Å². The lowest BCUT2D eigenvalue weighted by Crippen LogP contribution is -2.63. The minimum atomic E-state index is -0.473. The Labute approximate surface area is 154 Å². The number of benzene rings is 1. The normalized spacial score (nSPS) is 36.0. The molecule has 5 nitrogen and oxygen atoms in total. The Bertz CT molecular complexity index is 817. The number of para-hydroxylation sites is 1. The molecule has 5 rings (SSSR count). The molecule has 26 heavy (non-hydrogen) atoms. The standard InChI is InChI=1S/C21H26N2O3/c1-13(24)20-8-5-10-23-11-9-21(19(20)23)15-6-3-4-7-16(15)22-17(21)14(12-20)18(25)26-2/h3-4,6-7,13,19,22,24H,5,8-12H2,1-2H3/t13?,19-,20-,21-/m0/s1. The molecule has 0 amide bonds. The van der Waals surface area contributed by atoms with Crippen molar-refractivity contribution in [2.75, 3.05) is 25.5 Å². The lowest BCUT2D eigenvalue weighted by atomic mass is 9.53. The van der Waals surface area contributed by atoms with Crippen molar-refractivity contribution in [1.82, 2.24) is 4.90 Å². The molecule has 2 fully saturated rings. The van der Waals surface area contributed by atoms with Crippen molar-refractivity contribution in [3.63, 3.8) is 0 Å². The van der Waals surface area contributed by atoms with E-state index in [9.17, 15) is 9.90 Å². The van der Waals surface area contributed by atoms with Crippen LogP contribution < -0.4 is 5.32 Å². The summed E-state index contributed by atoms with van der Waals surface area (Å²) in [5, 5.41) is 14.5. The number of anilines is 1. The quantitative estimate of drug-likeness (QED) is 0.799. The lowest BCUT2D eigenvalue weighted by molar-refractivity contribution is -0.138. The molecule has 138 valence electrons. The van der Waals surface area contributed by atoms with Gasteiger partial charge in [0, 0.05) is 22.8 Å². The molecule has 3 aliphatic heterocycles. The first kappa shape index (κ1) is 16.3. The summed E-state index contributed by atoms with van der Waals surface area (Å²) in [5.74, 6) is -0.262. The van der Waals surface area contributed by atoms with Crippen molar-refractivity contribution in [2.45, 2.75) is 50.2 Å². The van der Waals surface area contributed by atoms with Crippen molar-refractivity contribution in [1.29, 1.82) is 0 Å². The van der Waals surface area contributed by atoms with Gasteiger partial charge in [0.2, 0.25) is 0 Å². The largest absolute Gasteiger partial charge is 0.466 e. The fourth-order valence-corrected chi connectivity index (χ4v) is 6.48. The molecule has 5 heteroatoms. The van der Waals surface area contributed by atoms with Gasteiger partial charge in [-0.3, -0.25) is 4.90 Å². The maximum Gasteiger partial charge on any atom is 0.335 e. The van der Waals surface area contributed by atoms with Crippen LogP contribution in [-0.2, 0) is 14.9 Å². The van der Waals surface area contributed by atoms with Gasteiger partial charge in [-0.15, -0.1) is 0 Å². The summed E-state index contributed by atoms with van der Waals surface area (Å²) >= 11 is 0. The second-order valence-electron chi connectivity index (χ2n) is 8.37. The molecule has 1 unspecified atom stereocenters. The minimum Gasteiger partial charge on any atom is -0.466 e. The summed E-state index contributed by atoms with van der Waals surface area (Å²) in [7, 11) is 1.45. The van der Waals surface area contributed by atoms with Gasteiger partial charge in [0.25, 0.3) is 0 Å². The maximum absolute atomic E-state index is 12.8. The Hall–Kier alpha value is -1.85. The van der Waals surface area contributed by atoms with Crippen LogP contribution in [0.1, 0.15) is 38.2 Å². The molecule has 1 spiro atoms. The van der Waals surface area contributed by atoms with E-state index in [-0.39, 0.29) is 22.8 Å². The Kier molecular flexibility index (Phi) is 3.35. The summed E-state index contributed by atoms with van der Waals surface area (Å²) in [6.07, 6.45) is 3.10. The van der Waals surface area contributed by atoms with E-state index >= 15 is 0 Å². The summed E-state index contributed by atoms with van der Waals surface area (Å²) in [6.45, 7) is 3.99. The third-order valence-corrected chi connectivity index (χ3v) is 7.44. The number of ether oxygens (including phenoxy) is 1. The van der Waals surface area contributed by atoms with Crippen molar-refractivity contribution >= 4 is 11.7 Å². The van der Waals surface area contributed by atoms with Crippen LogP contribution in [0, 0.1) is 5.41 Å². The minimum absolute atomic E-state index is 0.225. The van der Waals surface area contributed by atoms with Gasteiger partial charge in [-0.05, 0) is 57.3 Å². The molecule has 4 atom stereocenters. The van der Waals surface area contributed by atoms with Crippen LogP contribution in [0.3, 0.4) is 0 Å². The molecule has 0 saturated carbocycles. The predicted molar refractivity (Wildman–Crippen MR) is 98.7 cm³/mol. The van der Waals surface area contributed by atoms with E-state index in [4.69, 9.17) is 4.74 Å². The molecule has 2 saturated heterocycles. The summed E-state index contributed by atoms with van der Waals surface area (Å²) in [4.78, 5) is 15.3. The average molecular weight is 354 g/mol. The fraction of sp³-hybridized carbons (Fsp3) is 0.571. The number of hydrogen-bond donors (Lipinski definition) is 2. The van der Waals surface area contributed by atoms with Crippen LogP contribution in [0.4, 0.5) is 5.69 Å². The van der Waals surface area contributed by atoms with Crippen LogP contribution in [0.25, 0.3) is 0 Å². The highest BCUT2D eigenvalue weighted by atomic mass is 16.5. The molecule has 1 aromatic rings. The third-order valence-electron chi connectivity index (χ3n) is 7.44. The van der Waals surface area contributed by atoms with E-state index < -0.39 is 6.10 Å². The zero-order chi connectivity index (χ0) is 18.1. The molecular weight excluding hydrogens is 328 g/mol. The first-order chi connectivity index (χ1) is 12.5. The topological polar surface area (TPSA) is 61.8 Å². The van der Waals surface area contributed by atoms with Crippen LogP contribution in [0.15, 0.2) is 35.5 Å². The molecule has 1 aromatic carbocycles. The Morgan fingerprint density at radius 1 is 1.35 bits per heavy atom. The number of piperidine rings is 1. The second kappa shape index (κ2) is 5.33. The number of fused-ring (bicyclic) bond motifs is 1. The second-order valence-corrected chi connectivity index (χ2v) is 8.37. The van der Waals surface area contributed by atoms with Crippen molar-refractivity contribution in [2.24, 2.45) is 5.41 Å². The van der Waals surface area contributed by atoms with Gasteiger partial charge in [-0.25, -0.2) is 4.79 Å². The number of carbonyl (C=O) groups is 1. The molecule has 2 N–H and O–H groups in total. The van der Waals surface area contributed by atoms with Gasteiger partial charge in [-0.2, -0.15) is 0 Å². The van der Waals surface area contributed by atoms with Gasteiger partial charge >= 0.3 is 5.97 Å². The number of aliphatic hydroxyl groups excluding tert-OH is 1. The molecular formula is C21H26N2O3. The van der Waals surface area contributed by atoms with Crippen LogP contribution >= 0.6 is 0 Å². The molecule has 0 bridgehead atoms. The van der Waals surface area contributed by atoms with E-state index in [2.05, 4.69) is 28.4 Å². The highest BCUT2D eigenvalue weighted by Gasteiger charge is 2.67. The number of carbonyl (C=O) groups excluding carboxylic acids is 1. The zero-order valence-corrected chi connectivity index (χ0v) is 15.4. The van der Waals surface area contributed by atoms with Gasteiger partial charge in [-0.1, -0.05) is 18.2 Å². The number of hydrogen-bond acceptors (Lipinski definition) is 5. The number of nitrogens with zero attached hydrogens (tertiary/aromatic N) is 1. The number of esters is 1. The number of aliphatic hydroxyl groups is 1. The van der Waals surface area contributed by atoms with Crippen molar-refractivity contribution in [3.05, 3.63) is 41.1 Å². The van der Waals surface area contributed by atoms with Crippen molar-refractivity contribution < 1.29 is 14.6 Å². The third kappa shape index (κ3) is 1.75.